The molecule has 128 valence electrons. The molecule has 1 aromatic rings. The Morgan fingerprint density at radius 1 is 1.43 bits per heavy atom. The summed E-state index contributed by atoms with van der Waals surface area (Å²) in [7, 11) is 0. The minimum absolute atomic E-state index is 0.0569. The molecule has 0 spiro atoms. The zero-order valence-corrected chi connectivity index (χ0v) is 13.1. The predicted molar refractivity (Wildman–Crippen MR) is 76.0 cm³/mol. The van der Waals surface area contributed by atoms with E-state index in [1.165, 1.54) is 4.90 Å². The second-order valence-corrected chi connectivity index (χ2v) is 6.62. The van der Waals surface area contributed by atoms with Crippen LogP contribution in [0, 0.1) is 5.92 Å². The topological polar surface area (TPSA) is 58.4 Å². The van der Waals surface area contributed by atoms with Crippen LogP contribution in [0.15, 0.2) is 10.6 Å². The van der Waals surface area contributed by atoms with Crippen LogP contribution in [0.2, 0.25) is 0 Å². The van der Waals surface area contributed by atoms with Crippen molar-refractivity contribution in [3.8, 4) is 0 Å². The molecule has 1 N–H and O–H groups in total. The first-order valence-corrected chi connectivity index (χ1v) is 7.84. The lowest BCUT2D eigenvalue weighted by Gasteiger charge is -2.26. The van der Waals surface area contributed by atoms with Crippen LogP contribution in [-0.4, -0.2) is 47.3 Å². The molecule has 3 atom stereocenters. The van der Waals surface area contributed by atoms with E-state index in [4.69, 9.17) is 4.52 Å². The number of aromatic nitrogens is 1. The summed E-state index contributed by atoms with van der Waals surface area (Å²) < 4.78 is 43.6. The van der Waals surface area contributed by atoms with Gasteiger partial charge in [0.1, 0.15) is 11.8 Å². The Balaban J connectivity index is 1.59. The largest absolute Gasteiger partial charge is 0.403 e. The second kappa shape index (κ2) is 5.81. The maximum absolute atomic E-state index is 12.8. The van der Waals surface area contributed by atoms with Crippen LogP contribution in [0.4, 0.5) is 13.2 Å². The van der Waals surface area contributed by atoms with Crippen LogP contribution >= 0.6 is 0 Å². The fourth-order valence-corrected chi connectivity index (χ4v) is 2.91. The summed E-state index contributed by atoms with van der Waals surface area (Å²) in [6.07, 6.45) is -2.18. The molecular weight excluding hydrogens is 311 g/mol. The van der Waals surface area contributed by atoms with Crippen molar-refractivity contribution in [3.05, 3.63) is 17.5 Å². The molecule has 8 heteroatoms. The van der Waals surface area contributed by atoms with E-state index < -0.39 is 12.2 Å². The van der Waals surface area contributed by atoms with Crippen molar-refractivity contribution in [1.82, 2.24) is 15.4 Å². The van der Waals surface area contributed by atoms with Crippen LogP contribution in [0.3, 0.4) is 0 Å². The minimum Gasteiger partial charge on any atom is -0.360 e. The molecule has 1 saturated heterocycles. The number of nitrogens with zero attached hydrogens (tertiary/aromatic N) is 2. The van der Waals surface area contributed by atoms with E-state index in [0.717, 1.165) is 19.8 Å². The first-order valence-electron chi connectivity index (χ1n) is 7.84. The van der Waals surface area contributed by atoms with E-state index in [9.17, 15) is 18.0 Å². The van der Waals surface area contributed by atoms with Crippen molar-refractivity contribution in [2.45, 2.75) is 50.9 Å². The molecule has 3 rings (SSSR count). The molecule has 2 heterocycles. The SMILES string of the molecule is CC1CN(C(C)C(F)(F)F)CC1NC(=O)c1cc(C2CC2)on1. The van der Waals surface area contributed by atoms with Crippen LogP contribution < -0.4 is 5.32 Å². The highest BCUT2D eigenvalue weighted by molar-refractivity contribution is 5.92. The molecule has 1 aromatic heterocycles. The third-order valence-corrected chi connectivity index (χ3v) is 4.72. The molecule has 2 fully saturated rings. The maximum Gasteiger partial charge on any atom is 0.403 e. The zero-order valence-electron chi connectivity index (χ0n) is 13.1. The molecule has 0 aromatic carbocycles. The third-order valence-electron chi connectivity index (χ3n) is 4.72. The maximum atomic E-state index is 12.8. The van der Waals surface area contributed by atoms with E-state index in [0.29, 0.717) is 18.2 Å². The third kappa shape index (κ3) is 3.52. The molecule has 5 nitrogen and oxygen atoms in total. The Kier molecular flexibility index (Phi) is 4.12. The Hall–Kier alpha value is -1.57. The lowest BCUT2D eigenvalue weighted by Crippen LogP contribution is -2.44. The Labute approximate surface area is 132 Å². The van der Waals surface area contributed by atoms with Gasteiger partial charge in [0.05, 0.1) is 0 Å². The fraction of sp³-hybridized carbons (Fsp3) is 0.733. The van der Waals surface area contributed by atoms with Crippen molar-refractivity contribution in [2.75, 3.05) is 13.1 Å². The first kappa shape index (κ1) is 16.3. The predicted octanol–water partition coefficient (Wildman–Crippen LogP) is 2.55. The van der Waals surface area contributed by atoms with Gasteiger partial charge < -0.3 is 9.84 Å². The normalized spacial score (nSPS) is 27.2. The van der Waals surface area contributed by atoms with Gasteiger partial charge in [0.25, 0.3) is 5.91 Å². The summed E-state index contributed by atoms with van der Waals surface area (Å²) in [6.45, 7) is 3.47. The summed E-state index contributed by atoms with van der Waals surface area (Å²) in [6, 6.07) is -0.211. The summed E-state index contributed by atoms with van der Waals surface area (Å²) in [5.74, 6) is 0.622. The number of likely N-dealkylation sites (tertiary alicyclic amines) is 1. The molecule has 1 aliphatic heterocycles. The monoisotopic (exact) mass is 331 g/mol. The average molecular weight is 331 g/mol. The molecule has 0 radical (unpaired) electrons. The van der Waals surface area contributed by atoms with E-state index in [1.54, 1.807) is 6.07 Å². The number of carbonyl (C=O) groups is 1. The summed E-state index contributed by atoms with van der Waals surface area (Å²) in [5, 5.41) is 6.54. The molecule has 23 heavy (non-hydrogen) atoms. The average Bonchev–Trinajstić information content (AvgIpc) is 3.09. The summed E-state index contributed by atoms with van der Waals surface area (Å²) in [5.41, 5.74) is 0.196. The minimum atomic E-state index is -4.26. The van der Waals surface area contributed by atoms with Crippen molar-refractivity contribution < 1.29 is 22.5 Å². The van der Waals surface area contributed by atoms with Gasteiger partial charge in [0, 0.05) is 31.1 Å². The number of halogens is 3. The smallest absolute Gasteiger partial charge is 0.360 e. The van der Waals surface area contributed by atoms with Gasteiger partial charge in [-0.05, 0) is 25.7 Å². The quantitative estimate of drug-likeness (QED) is 0.921. The fourth-order valence-electron chi connectivity index (χ4n) is 2.91. The molecule has 1 saturated carbocycles. The van der Waals surface area contributed by atoms with E-state index >= 15 is 0 Å². The van der Waals surface area contributed by atoms with Crippen LogP contribution in [-0.2, 0) is 0 Å². The second-order valence-electron chi connectivity index (χ2n) is 6.62. The molecule has 1 aliphatic carbocycles. The van der Waals surface area contributed by atoms with Crippen molar-refractivity contribution in [2.24, 2.45) is 5.92 Å². The zero-order chi connectivity index (χ0) is 16.8. The standard InChI is InChI=1S/C15H20F3N3O2/c1-8-6-21(9(2)15(16,17)18)7-12(8)19-14(22)11-5-13(23-20-11)10-3-4-10/h5,8-10,12H,3-4,6-7H2,1-2H3,(H,19,22). The van der Waals surface area contributed by atoms with Crippen LogP contribution in [0.25, 0.3) is 0 Å². The Morgan fingerprint density at radius 3 is 2.74 bits per heavy atom. The van der Waals surface area contributed by atoms with Gasteiger partial charge in [-0.15, -0.1) is 0 Å². The molecule has 2 aliphatic rings. The van der Waals surface area contributed by atoms with Gasteiger partial charge in [0.15, 0.2) is 5.69 Å². The summed E-state index contributed by atoms with van der Waals surface area (Å²) >= 11 is 0. The highest BCUT2D eigenvalue weighted by atomic mass is 19.4. The highest BCUT2D eigenvalue weighted by Crippen LogP contribution is 2.40. The van der Waals surface area contributed by atoms with Gasteiger partial charge in [0.2, 0.25) is 0 Å². The number of carbonyl (C=O) groups excluding carboxylic acids is 1. The Morgan fingerprint density at radius 2 is 2.13 bits per heavy atom. The van der Waals surface area contributed by atoms with E-state index in [-0.39, 0.29) is 30.1 Å². The number of amides is 1. The van der Waals surface area contributed by atoms with E-state index in [2.05, 4.69) is 10.5 Å². The van der Waals surface area contributed by atoms with Crippen LogP contribution in [0.5, 0.6) is 0 Å². The lowest BCUT2D eigenvalue weighted by molar-refractivity contribution is -0.176. The lowest BCUT2D eigenvalue weighted by atomic mass is 10.1. The van der Waals surface area contributed by atoms with Crippen molar-refractivity contribution >= 4 is 5.91 Å². The highest BCUT2D eigenvalue weighted by Gasteiger charge is 2.44. The molecule has 1 amide bonds. The van der Waals surface area contributed by atoms with Gasteiger partial charge in [-0.2, -0.15) is 13.2 Å². The molecule has 3 unspecified atom stereocenters. The molecular formula is C15H20F3N3O2. The van der Waals surface area contributed by atoms with E-state index in [1.807, 2.05) is 6.92 Å². The van der Waals surface area contributed by atoms with Crippen molar-refractivity contribution in [1.29, 1.82) is 0 Å². The number of nitrogens with one attached hydrogen (secondary N) is 1. The number of alkyl halides is 3. The number of hydrogen-bond donors (Lipinski definition) is 1. The van der Waals surface area contributed by atoms with Gasteiger partial charge in [-0.25, -0.2) is 0 Å². The van der Waals surface area contributed by atoms with Crippen molar-refractivity contribution in [3.63, 3.8) is 0 Å². The Bertz CT molecular complexity index is 583. The number of rotatable bonds is 4. The molecule has 0 bridgehead atoms. The first-order chi connectivity index (χ1) is 10.8. The number of hydrogen-bond acceptors (Lipinski definition) is 4. The van der Waals surface area contributed by atoms with Crippen LogP contribution in [0.1, 0.15) is 48.9 Å². The van der Waals surface area contributed by atoms with Gasteiger partial charge >= 0.3 is 6.18 Å². The van der Waals surface area contributed by atoms with Gasteiger partial charge in [-0.3, -0.25) is 9.69 Å². The van der Waals surface area contributed by atoms with Gasteiger partial charge in [-0.1, -0.05) is 12.1 Å². The summed E-state index contributed by atoms with van der Waals surface area (Å²) in [4.78, 5) is 13.6.